The molecule has 1 saturated heterocycles. The van der Waals surface area contributed by atoms with Crippen molar-refractivity contribution in [3.63, 3.8) is 0 Å². The van der Waals surface area contributed by atoms with Crippen LogP contribution in [0.25, 0.3) is 5.69 Å². The molecule has 0 radical (unpaired) electrons. The van der Waals surface area contributed by atoms with Crippen LogP contribution in [0.3, 0.4) is 0 Å². The molecule has 1 aromatic heterocycles. The number of aryl methyl sites for hydroxylation is 1. The van der Waals surface area contributed by atoms with Crippen molar-refractivity contribution < 1.29 is 9.18 Å². The second-order valence-corrected chi connectivity index (χ2v) is 5.87. The minimum Gasteiger partial charge on any atom is -0.322 e. The van der Waals surface area contributed by atoms with Gasteiger partial charge in [0.15, 0.2) is 5.82 Å². The van der Waals surface area contributed by atoms with Crippen LogP contribution in [0.5, 0.6) is 0 Å². The van der Waals surface area contributed by atoms with Crippen molar-refractivity contribution in [2.45, 2.75) is 19.9 Å². The Kier molecular flexibility index (Phi) is 6.40. The number of rotatable bonds is 4. The first-order valence-corrected chi connectivity index (χ1v) is 7.84. The molecule has 1 aliphatic rings. The van der Waals surface area contributed by atoms with E-state index < -0.39 is 5.82 Å². The minimum absolute atomic E-state index is 0. The number of nitrogens with one attached hydrogen (secondary N) is 2. The number of piperazine rings is 1. The molecule has 1 fully saturated rings. The number of tetrazole rings is 1. The molecule has 1 amide bonds. The summed E-state index contributed by atoms with van der Waals surface area (Å²) >= 11 is 0. The lowest BCUT2D eigenvalue weighted by Gasteiger charge is -2.33. The van der Waals surface area contributed by atoms with Gasteiger partial charge >= 0.3 is 0 Å². The van der Waals surface area contributed by atoms with Crippen molar-refractivity contribution >= 4 is 24.0 Å². The normalized spacial score (nSPS) is 17.8. The quantitative estimate of drug-likeness (QED) is 0.827. The van der Waals surface area contributed by atoms with E-state index in [0.29, 0.717) is 11.5 Å². The monoisotopic (exact) mass is 369 g/mol. The van der Waals surface area contributed by atoms with Gasteiger partial charge in [0.25, 0.3) is 0 Å². The lowest BCUT2D eigenvalue weighted by molar-refractivity contribution is -0.118. The van der Waals surface area contributed by atoms with Gasteiger partial charge in [-0.15, -0.1) is 17.5 Å². The Bertz CT molecular complexity index is 738. The number of nitrogens with zero attached hydrogens (tertiary/aromatic N) is 5. The second kappa shape index (κ2) is 8.32. The molecule has 0 spiro atoms. The number of hydrogen-bond acceptors (Lipinski definition) is 6. The maximum atomic E-state index is 14.0. The summed E-state index contributed by atoms with van der Waals surface area (Å²) in [6.07, 6.45) is 0. The number of anilines is 1. The molecular weight excluding hydrogens is 349 g/mol. The molecule has 1 aromatic carbocycles. The van der Waals surface area contributed by atoms with Crippen molar-refractivity contribution in [2.24, 2.45) is 0 Å². The van der Waals surface area contributed by atoms with Gasteiger partial charge < -0.3 is 10.6 Å². The van der Waals surface area contributed by atoms with E-state index in [9.17, 15) is 9.18 Å². The van der Waals surface area contributed by atoms with Crippen LogP contribution < -0.4 is 10.6 Å². The van der Waals surface area contributed by atoms with Crippen molar-refractivity contribution in [1.82, 2.24) is 30.4 Å². The van der Waals surface area contributed by atoms with Gasteiger partial charge in [-0.05, 0) is 42.5 Å². The number of aromatic nitrogens is 4. The highest BCUT2D eigenvalue weighted by molar-refractivity contribution is 5.92. The van der Waals surface area contributed by atoms with E-state index in [1.807, 2.05) is 0 Å². The summed E-state index contributed by atoms with van der Waals surface area (Å²) in [5.41, 5.74) is 0.708. The van der Waals surface area contributed by atoms with Crippen molar-refractivity contribution in [2.75, 3.05) is 31.5 Å². The molecule has 10 heteroatoms. The third-order valence-corrected chi connectivity index (χ3v) is 4.08. The molecule has 25 heavy (non-hydrogen) atoms. The average molecular weight is 370 g/mol. The molecule has 0 bridgehead atoms. The number of carbonyl (C=O) groups excluding carboxylic acids is 1. The molecule has 1 atom stereocenters. The van der Waals surface area contributed by atoms with Gasteiger partial charge in [-0.1, -0.05) is 0 Å². The summed E-state index contributed by atoms with van der Waals surface area (Å²) in [5.74, 6) is -0.159. The van der Waals surface area contributed by atoms with E-state index in [4.69, 9.17) is 0 Å². The summed E-state index contributed by atoms with van der Waals surface area (Å²) in [4.78, 5) is 14.3. The number of carbonyl (C=O) groups is 1. The standard InChI is InChI=1S/C15H20FN7O.ClH/c1-10-8-17-5-6-22(10)9-15(24)18-14-7-12(3-4-13(14)16)23-11(2)19-20-21-23;/h3-4,7,10,17H,5-6,8-9H2,1-2H3,(H,18,24);1H/t10-;/m1./s1. The Morgan fingerprint density at radius 2 is 2.28 bits per heavy atom. The first kappa shape index (κ1) is 19.2. The first-order chi connectivity index (χ1) is 11.5. The Morgan fingerprint density at radius 3 is 2.96 bits per heavy atom. The maximum absolute atomic E-state index is 14.0. The van der Waals surface area contributed by atoms with Gasteiger partial charge in [-0.25, -0.2) is 4.39 Å². The third kappa shape index (κ3) is 4.50. The van der Waals surface area contributed by atoms with Gasteiger partial charge in [0.1, 0.15) is 5.82 Å². The number of benzene rings is 1. The van der Waals surface area contributed by atoms with Gasteiger partial charge in [-0.2, -0.15) is 4.68 Å². The summed E-state index contributed by atoms with van der Waals surface area (Å²) in [7, 11) is 0. The Hall–Kier alpha value is -2.10. The van der Waals surface area contributed by atoms with E-state index in [0.717, 1.165) is 19.6 Å². The molecule has 2 heterocycles. The van der Waals surface area contributed by atoms with Gasteiger partial charge in [0.05, 0.1) is 17.9 Å². The first-order valence-electron chi connectivity index (χ1n) is 7.84. The Labute approximate surface area is 151 Å². The minimum atomic E-state index is -0.494. The molecule has 0 aliphatic carbocycles. The lowest BCUT2D eigenvalue weighted by atomic mass is 10.2. The predicted octanol–water partition coefficient (Wildman–Crippen LogP) is 0.764. The topological polar surface area (TPSA) is 88.0 Å². The van der Waals surface area contributed by atoms with Crippen molar-refractivity contribution in [3.05, 3.63) is 29.8 Å². The SMILES string of the molecule is Cc1nnnn1-c1ccc(F)c(NC(=O)CN2CCNC[C@H]2C)c1.Cl. The van der Waals surface area contributed by atoms with Crippen LogP contribution in [-0.4, -0.2) is 63.2 Å². The van der Waals surface area contributed by atoms with Crippen LogP contribution in [0.4, 0.5) is 10.1 Å². The second-order valence-electron chi connectivity index (χ2n) is 5.87. The van der Waals surface area contributed by atoms with Crippen LogP contribution in [-0.2, 0) is 4.79 Å². The van der Waals surface area contributed by atoms with Crippen molar-refractivity contribution in [3.8, 4) is 5.69 Å². The van der Waals surface area contributed by atoms with E-state index in [1.54, 1.807) is 13.0 Å². The molecule has 3 rings (SSSR count). The van der Waals surface area contributed by atoms with Crippen LogP contribution in [0, 0.1) is 12.7 Å². The number of hydrogen-bond donors (Lipinski definition) is 2. The summed E-state index contributed by atoms with van der Waals surface area (Å²) in [6.45, 7) is 6.52. The zero-order valence-corrected chi connectivity index (χ0v) is 14.9. The zero-order valence-electron chi connectivity index (χ0n) is 14.1. The van der Waals surface area contributed by atoms with Gasteiger partial charge in [0, 0.05) is 25.7 Å². The van der Waals surface area contributed by atoms with Crippen molar-refractivity contribution in [1.29, 1.82) is 0 Å². The smallest absolute Gasteiger partial charge is 0.238 e. The fraction of sp³-hybridized carbons (Fsp3) is 0.467. The lowest BCUT2D eigenvalue weighted by Crippen LogP contribution is -2.52. The fourth-order valence-electron chi connectivity index (χ4n) is 2.70. The summed E-state index contributed by atoms with van der Waals surface area (Å²) in [5, 5.41) is 17.1. The Balaban J connectivity index is 0.00000225. The van der Waals surface area contributed by atoms with E-state index >= 15 is 0 Å². The third-order valence-electron chi connectivity index (χ3n) is 4.08. The highest BCUT2D eigenvalue weighted by Crippen LogP contribution is 2.19. The van der Waals surface area contributed by atoms with Crippen LogP contribution in [0.2, 0.25) is 0 Å². The molecule has 0 unspecified atom stereocenters. The molecule has 2 N–H and O–H groups in total. The highest BCUT2D eigenvalue weighted by Gasteiger charge is 2.21. The maximum Gasteiger partial charge on any atom is 0.238 e. The highest BCUT2D eigenvalue weighted by atomic mass is 35.5. The predicted molar refractivity (Wildman–Crippen MR) is 93.6 cm³/mol. The fourth-order valence-corrected chi connectivity index (χ4v) is 2.70. The largest absolute Gasteiger partial charge is 0.322 e. The average Bonchev–Trinajstić information content (AvgIpc) is 2.98. The van der Waals surface area contributed by atoms with Crippen LogP contribution in [0.1, 0.15) is 12.7 Å². The van der Waals surface area contributed by atoms with Crippen LogP contribution >= 0.6 is 12.4 Å². The molecule has 0 saturated carbocycles. The number of amides is 1. The van der Waals surface area contributed by atoms with Gasteiger partial charge in [0.2, 0.25) is 5.91 Å². The van der Waals surface area contributed by atoms with E-state index in [1.165, 1.54) is 16.8 Å². The zero-order chi connectivity index (χ0) is 17.1. The van der Waals surface area contributed by atoms with Gasteiger partial charge in [-0.3, -0.25) is 9.69 Å². The Morgan fingerprint density at radius 1 is 1.48 bits per heavy atom. The van der Waals surface area contributed by atoms with E-state index in [2.05, 4.69) is 38.0 Å². The summed E-state index contributed by atoms with van der Waals surface area (Å²) in [6, 6.07) is 4.65. The number of halogens is 2. The summed E-state index contributed by atoms with van der Waals surface area (Å²) < 4.78 is 15.5. The molecular formula is C15H21ClFN7O. The molecule has 8 nitrogen and oxygen atoms in total. The molecule has 2 aromatic rings. The molecule has 136 valence electrons. The van der Waals surface area contributed by atoms with E-state index in [-0.39, 0.29) is 36.6 Å². The van der Waals surface area contributed by atoms with Crippen LogP contribution in [0.15, 0.2) is 18.2 Å². The molecule has 1 aliphatic heterocycles.